The number of para-hydroxylation sites is 1. The fourth-order valence-corrected chi connectivity index (χ4v) is 3.94. The first kappa shape index (κ1) is 18.3. The van der Waals surface area contributed by atoms with Gasteiger partial charge < -0.3 is 10.2 Å². The van der Waals surface area contributed by atoms with E-state index in [9.17, 15) is 9.59 Å². The standard InChI is InChI=1S/C21H22N2O2S/c1-15(12-13-16-8-4-3-5-9-16)22-20(24)14-19-21(25)23(2)17-10-6-7-11-18(17)26-19/h3-11,14-15H,12-13H2,1-2H3,(H,22,24)/b19-14+. The lowest BCUT2D eigenvalue weighted by Gasteiger charge is -2.26. The SMILES string of the molecule is CC(CCc1ccccc1)NC(=O)/C=C1/Sc2ccccc2N(C)C1=O. The second-order valence-electron chi connectivity index (χ2n) is 6.38. The Morgan fingerprint density at radius 1 is 1.15 bits per heavy atom. The predicted molar refractivity (Wildman–Crippen MR) is 106 cm³/mol. The molecule has 134 valence electrons. The highest BCUT2D eigenvalue weighted by atomic mass is 32.2. The van der Waals surface area contributed by atoms with Crippen molar-refractivity contribution >= 4 is 29.3 Å². The second kappa shape index (κ2) is 8.23. The molecule has 0 saturated heterocycles. The number of benzene rings is 2. The summed E-state index contributed by atoms with van der Waals surface area (Å²) in [5, 5.41) is 2.96. The molecule has 3 rings (SSSR count). The Kier molecular flexibility index (Phi) is 5.78. The van der Waals surface area contributed by atoms with Gasteiger partial charge in [0.2, 0.25) is 5.91 Å². The molecular weight excluding hydrogens is 344 g/mol. The van der Waals surface area contributed by atoms with Gasteiger partial charge in [0.1, 0.15) is 0 Å². The van der Waals surface area contributed by atoms with E-state index in [-0.39, 0.29) is 17.9 Å². The summed E-state index contributed by atoms with van der Waals surface area (Å²) in [6, 6.07) is 17.9. The maximum absolute atomic E-state index is 12.5. The van der Waals surface area contributed by atoms with Gasteiger partial charge in [-0.25, -0.2) is 0 Å². The summed E-state index contributed by atoms with van der Waals surface area (Å²) in [7, 11) is 1.73. The number of fused-ring (bicyclic) bond motifs is 1. The molecule has 2 aromatic rings. The molecule has 26 heavy (non-hydrogen) atoms. The minimum atomic E-state index is -0.228. The van der Waals surface area contributed by atoms with E-state index >= 15 is 0 Å². The van der Waals surface area contributed by atoms with Crippen molar-refractivity contribution in [1.29, 1.82) is 0 Å². The number of amides is 2. The van der Waals surface area contributed by atoms with Crippen LogP contribution >= 0.6 is 11.8 Å². The topological polar surface area (TPSA) is 49.4 Å². The number of carbonyl (C=O) groups excluding carboxylic acids is 2. The lowest BCUT2D eigenvalue weighted by Crippen LogP contribution is -2.34. The third-order valence-corrected chi connectivity index (χ3v) is 5.40. The molecule has 2 amide bonds. The van der Waals surface area contributed by atoms with Crippen molar-refractivity contribution in [1.82, 2.24) is 5.32 Å². The van der Waals surface area contributed by atoms with E-state index < -0.39 is 0 Å². The van der Waals surface area contributed by atoms with Crippen LogP contribution in [0, 0.1) is 0 Å². The van der Waals surface area contributed by atoms with Crippen LogP contribution in [0.5, 0.6) is 0 Å². The summed E-state index contributed by atoms with van der Waals surface area (Å²) < 4.78 is 0. The van der Waals surface area contributed by atoms with E-state index in [1.54, 1.807) is 11.9 Å². The number of aryl methyl sites for hydroxylation is 1. The number of carbonyl (C=O) groups is 2. The fourth-order valence-electron chi connectivity index (χ4n) is 2.85. The molecule has 4 nitrogen and oxygen atoms in total. The summed E-state index contributed by atoms with van der Waals surface area (Å²) in [4.78, 5) is 27.8. The Morgan fingerprint density at radius 3 is 2.62 bits per heavy atom. The smallest absolute Gasteiger partial charge is 0.265 e. The van der Waals surface area contributed by atoms with Gasteiger partial charge in [-0.2, -0.15) is 0 Å². The quantitative estimate of drug-likeness (QED) is 0.820. The molecule has 1 aliphatic rings. The lowest BCUT2D eigenvalue weighted by molar-refractivity contribution is -0.118. The van der Waals surface area contributed by atoms with Crippen LogP contribution in [-0.2, 0) is 16.0 Å². The molecule has 1 aliphatic heterocycles. The van der Waals surface area contributed by atoms with Crippen molar-refractivity contribution < 1.29 is 9.59 Å². The number of hydrogen-bond donors (Lipinski definition) is 1. The maximum Gasteiger partial charge on any atom is 0.265 e. The summed E-state index contributed by atoms with van der Waals surface area (Å²) in [6.45, 7) is 1.98. The third kappa shape index (κ3) is 4.35. The van der Waals surface area contributed by atoms with Gasteiger partial charge in [0.25, 0.3) is 5.91 Å². The molecule has 2 aromatic carbocycles. The second-order valence-corrected chi connectivity index (χ2v) is 7.46. The average Bonchev–Trinajstić information content (AvgIpc) is 2.65. The van der Waals surface area contributed by atoms with Crippen LogP contribution in [0.3, 0.4) is 0 Å². The first-order valence-electron chi connectivity index (χ1n) is 8.65. The summed E-state index contributed by atoms with van der Waals surface area (Å²) in [5.74, 6) is -0.380. The van der Waals surface area contributed by atoms with Gasteiger partial charge >= 0.3 is 0 Å². The molecule has 1 unspecified atom stereocenters. The van der Waals surface area contributed by atoms with Gasteiger partial charge in [0.15, 0.2) is 0 Å². The molecule has 0 aliphatic carbocycles. The van der Waals surface area contributed by atoms with Gasteiger partial charge in [0, 0.05) is 24.1 Å². The molecule has 5 heteroatoms. The highest BCUT2D eigenvalue weighted by Crippen LogP contribution is 2.40. The van der Waals surface area contributed by atoms with Crippen LogP contribution in [0.2, 0.25) is 0 Å². The number of rotatable bonds is 5. The Labute approximate surface area is 158 Å². The van der Waals surface area contributed by atoms with Gasteiger partial charge in [-0.05, 0) is 37.5 Å². The average molecular weight is 366 g/mol. The minimum Gasteiger partial charge on any atom is -0.350 e. The van der Waals surface area contributed by atoms with Crippen LogP contribution in [0.4, 0.5) is 5.69 Å². The Balaban J connectivity index is 1.60. The largest absolute Gasteiger partial charge is 0.350 e. The van der Waals surface area contributed by atoms with Gasteiger partial charge in [-0.3, -0.25) is 9.59 Å². The molecule has 0 spiro atoms. The molecule has 0 aromatic heterocycles. The van der Waals surface area contributed by atoms with Crippen molar-refractivity contribution in [2.45, 2.75) is 30.7 Å². The van der Waals surface area contributed by atoms with Crippen LogP contribution in [0.1, 0.15) is 18.9 Å². The fraction of sp³-hybridized carbons (Fsp3) is 0.238. The van der Waals surface area contributed by atoms with Crippen molar-refractivity contribution in [3.05, 3.63) is 71.1 Å². The van der Waals surface area contributed by atoms with Crippen molar-refractivity contribution in [3.8, 4) is 0 Å². The van der Waals surface area contributed by atoms with E-state index in [1.165, 1.54) is 23.4 Å². The monoisotopic (exact) mass is 366 g/mol. The molecule has 1 N–H and O–H groups in total. The molecule has 1 heterocycles. The molecule has 0 radical (unpaired) electrons. The van der Waals surface area contributed by atoms with Crippen LogP contribution in [-0.4, -0.2) is 24.9 Å². The number of nitrogens with one attached hydrogen (secondary N) is 1. The van der Waals surface area contributed by atoms with E-state index in [0.717, 1.165) is 23.4 Å². The van der Waals surface area contributed by atoms with Crippen LogP contribution in [0.25, 0.3) is 0 Å². The number of anilines is 1. The van der Waals surface area contributed by atoms with Crippen LogP contribution in [0.15, 0.2) is 70.5 Å². The highest BCUT2D eigenvalue weighted by Gasteiger charge is 2.26. The zero-order valence-electron chi connectivity index (χ0n) is 14.9. The summed E-state index contributed by atoms with van der Waals surface area (Å²) >= 11 is 1.34. The highest BCUT2D eigenvalue weighted by molar-refractivity contribution is 8.04. The Bertz CT molecular complexity index is 833. The zero-order valence-corrected chi connectivity index (χ0v) is 15.8. The van der Waals surface area contributed by atoms with E-state index in [0.29, 0.717) is 4.91 Å². The summed E-state index contributed by atoms with van der Waals surface area (Å²) in [5.41, 5.74) is 2.12. The first-order valence-corrected chi connectivity index (χ1v) is 9.47. The molecular formula is C21H22N2O2S. The molecule has 0 saturated carbocycles. The summed E-state index contributed by atoms with van der Waals surface area (Å²) in [6.07, 6.45) is 3.17. The van der Waals surface area contributed by atoms with Crippen molar-refractivity contribution in [3.63, 3.8) is 0 Å². The van der Waals surface area contributed by atoms with Gasteiger partial charge in [0.05, 0.1) is 10.6 Å². The van der Waals surface area contributed by atoms with E-state index in [4.69, 9.17) is 0 Å². The number of likely N-dealkylation sites (N-methyl/N-ethyl adjacent to an activating group) is 1. The third-order valence-electron chi connectivity index (χ3n) is 4.32. The predicted octanol–water partition coefficient (Wildman–Crippen LogP) is 3.78. The van der Waals surface area contributed by atoms with Crippen molar-refractivity contribution in [2.24, 2.45) is 0 Å². The van der Waals surface area contributed by atoms with Crippen LogP contribution < -0.4 is 10.2 Å². The minimum absolute atomic E-state index is 0.0354. The van der Waals surface area contributed by atoms with E-state index in [2.05, 4.69) is 17.4 Å². The number of hydrogen-bond acceptors (Lipinski definition) is 3. The molecule has 0 bridgehead atoms. The van der Waals surface area contributed by atoms with Crippen molar-refractivity contribution in [2.75, 3.05) is 11.9 Å². The molecule has 0 fully saturated rings. The number of thioether (sulfide) groups is 1. The maximum atomic E-state index is 12.5. The molecule has 1 atom stereocenters. The van der Waals surface area contributed by atoms with E-state index in [1.807, 2.05) is 49.4 Å². The zero-order chi connectivity index (χ0) is 18.5. The number of nitrogens with zero attached hydrogens (tertiary/aromatic N) is 1. The lowest BCUT2D eigenvalue weighted by atomic mass is 10.1. The van der Waals surface area contributed by atoms with Gasteiger partial charge in [-0.15, -0.1) is 0 Å². The normalized spacial score (nSPS) is 16.3. The Morgan fingerprint density at radius 2 is 1.85 bits per heavy atom. The van der Waals surface area contributed by atoms with Gasteiger partial charge in [-0.1, -0.05) is 54.2 Å². The first-order chi connectivity index (χ1) is 12.5. The Hall–Kier alpha value is -2.53.